The summed E-state index contributed by atoms with van der Waals surface area (Å²) < 4.78 is 9.93. The van der Waals surface area contributed by atoms with Crippen LogP contribution in [0.25, 0.3) is 0 Å². The second kappa shape index (κ2) is 8.72. The Balaban J connectivity index is 1.95. The van der Waals surface area contributed by atoms with Gasteiger partial charge in [-0.2, -0.15) is 0 Å². The van der Waals surface area contributed by atoms with Crippen molar-refractivity contribution in [2.24, 2.45) is 0 Å². The lowest BCUT2D eigenvalue weighted by molar-refractivity contribution is -0.143. The molecule has 0 bridgehead atoms. The van der Waals surface area contributed by atoms with Crippen molar-refractivity contribution in [1.29, 1.82) is 0 Å². The van der Waals surface area contributed by atoms with Crippen molar-refractivity contribution in [1.82, 2.24) is 5.32 Å². The molecule has 2 rings (SSSR count). The predicted octanol–water partition coefficient (Wildman–Crippen LogP) is 3.01. The molecule has 1 unspecified atom stereocenters. The highest BCUT2D eigenvalue weighted by Crippen LogP contribution is 2.08. The van der Waals surface area contributed by atoms with Crippen LogP contribution in [0.1, 0.15) is 16.7 Å². The molecule has 0 aliphatic rings. The van der Waals surface area contributed by atoms with Crippen LogP contribution >= 0.6 is 0 Å². The van der Waals surface area contributed by atoms with Crippen LogP contribution in [-0.2, 0) is 27.3 Å². The van der Waals surface area contributed by atoms with Crippen molar-refractivity contribution >= 4 is 12.1 Å². The smallest absolute Gasteiger partial charge is 0.408 e. The van der Waals surface area contributed by atoms with E-state index in [1.807, 2.05) is 61.5 Å². The Morgan fingerprint density at radius 3 is 2.42 bits per heavy atom. The van der Waals surface area contributed by atoms with Crippen LogP contribution in [0.15, 0.2) is 54.6 Å². The lowest BCUT2D eigenvalue weighted by Gasteiger charge is -2.17. The van der Waals surface area contributed by atoms with E-state index in [4.69, 9.17) is 9.47 Å². The fourth-order valence-corrected chi connectivity index (χ4v) is 2.32. The zero-order valence-corrected chi connectivity index (χ0v) is 13.8. The van der Waals surface area contributed by atoms with Gasteiger partial charge >= 0.3 is 12.1 Å². The van der Waals surface area contributed by atoms with Gasteiger partial charge in [0.2, 0.25) is 0 Å². The highest BCUT2D eigenvalue weighted by atomic mass is 16.6. The molecule has 0 aliphatic heterocycles. The number of nitrogens with one attached hydrogen (secondary N) is 1. The summed E-state index contributed by atoms with van der Waals surface area (Å²) in [5.74, 6) is -0.506. The second-order valence-corrected chi connectivity index (χ2v) is 5.47. The molecule has 5 heteroatoms. The van der Waals surface area contributed by atoms with Gasteiger partial charge in [0.05, 0.1) is 7.11 Å². The number of carbonyl (C=O) groups excluding carboxylic acids is 2. The van der Waals surface area contributed by atoms with E-state index in [2.05, 4.69) is 5.32 Å². The standard InChI is InChI=1S/C19H21NO4/c1-14-7-6-10-16(11-14)12-17(18(21)23-2)20-19(22)24-13-15-8-4-3-5-9-15/h3-11,17H,12-13H2,1-2H3,(H,20,22). The number of benzene rings is 2. The normalized spacial score (nSPS) is 11.4. The maximum atomic E-state index is 12.0. The molecule has 0 fully saturated rings. The topological polar surface area (TPSA) is 64.6 Å². The molecule has 126 valence electrons. The van der Waals surface area contributed by atoms with Crippen molar-refractivity contribution < 1.29 is 19.1 Å². The van der Waals surface area contributed by atoms with Gasteiger partial charge in [-0.3, -0.25) is 0 Å². The molecule has 0 saturated carbocycles. The minimum atomic E-state index is -0.792. The highest BCUT2D eigenvalue weighted by molar-refractivity contribution is 5.81. The number of alkyl carbamates (subject to hydrolysis) is 1. The van der Waals surface area contributed by atoms with Crippen molar-refractivity contribution in [3.63, 3.8) is 0 Å². The summed E-state index contributed by atoms with van der Waals surface area (Å²) in [5, 5.41) is 2.57. The van der Waals surface area contributed by atoms with E-state index in [0.717, 1.165) is 16.7 Å². The number of hydrogen-bond donors (Lipinski definition) is 1. The van der Waals surface area contributed by atoms with Crippen LogP contribution in [0.4, 0.5) is 4.79 Å². The van der Waals surface area contributed by atoms with Gasteiger partial charge in [-0.1, -0.05) is 60.2 Å². The quantitative estimate of drug-likeness (QED) is 0.828. The van der Waals surface area contributed by atoms with E-state index in [1.165, 1.54) is 7.11 Å². The fourth-order valence-electron chi connectivity index (χ4n) is 2.32. The lowest BCUT2D eigenvalue weighted by Crippen LogP contribution is -2.43. The van der Waals surface area contributed by atoms with Gasteiger partial charge < -0.3 is 14.8 Å². The first kappa shape index (κ1) is 17.5. The minimum absolute atomic E-state index is 0.144. The maximum absolute atomic E-state index is 12.0. The third kappa shape index (κ3) is 5.43. The first-order valence-corrected chi connectivity index (χ1v) is 7.69. The maximum Gasteiger partial charge on any atom is 0.408 e. The summed E-state index contributed by atoms with van der Waals surface area (Å²) in [6.45, 7) is 2.11. The number of ether oxygens (including phenoxy) is 2. The minimum Gasteiger partial charge on any atom is -0.467 e. The molecule has 5 nitrogen and oxygen atoms in total. The number of hydrogen-bond acceptors (Lipinski definition) is 4. The number of methoxy groups -OCH3 is 1. The summed E-state index contributed by atoms with van der Waals surface area (Å²) in [6, 6.07) is 16.3. The summed E-state index contributed by atoms with van der Waals surface area (Å²) in [7, 11) is 1.29. The van der Waals surface area contributed by atoms with E-state index >= 15 is 0 Å². The molecule has 0 aliphatic carbocycles. The Morgan fingerprint density at radius 1 is 1.04 bits per heavy atom. The molecule has 0 spiro atoms. The number of aryl methyl sites for hydroxylation is 1. The fraction of sp³-hybridized carbons (Fsp3) is 0.263. The lowest BCUT2D eigenvalue weighted by atomic mass is 10.0. The molecular formula is C19H21NO4. The molecule has 2 aromatic carbocycles. The van der Waals surface area contributed by atoms with Gasteiger partial charge in [-0.05, 0) is 18.1 Å². The Hall–Kier alpha value is -2.82. The van der Waals surface area contributed by atoms with E-state index in [0.29, 0.717) is 6.42 Å². The third-order valence-electron chi connectivity index (χ3n) is 3.51. The van der Waals surface area contributed by atoms with Gasteiger partial charge in [0, 0.05) is 6.42 Å². The summed E-state index contributed by atoms with van der Waals surface area (Å²) >= 11 is 0. The molecule has 0 heterocycles. The molecule has 0 radical (unpaired) electrons. The summed E-state index contributed by atoms with van der Waals surface area (Å²) in [5.41, 5.74) is 2.90. The Bertz CT molecular complexity index is 685. The van der Waals surface area contributed by atoms with E-state index < -0.39 is 18.1 Å². The van der Waals surface area contributed by atoms with Crippen LogP contribution in [0, 0.1) is 6.92 Å². The van der Waals surface area contributed by atoms with Crippen molar-refractivity contribution in [2.45, 2.75) is 26.0 Å². The van der Waals surface area contributed by atoms with Gasteiger partial charge in [0.25, 0.3) is 0 Å². The molecule has 1 amide bonds. The Morgan fingerprint density at radius 2 is 1.75 bits per heavy atom. The Kier molecular flexibility index (Phi) is 6.37. The largest absolute Gasteiger partial charge is 0.467 e. The monoisotopic (exact) mass is 327 g/mol. The average molecular weight is 327 g/mol. The number of rotatable bonds is 6. The predicted molar refractivity (Wildman–Crippen MR) is 90.4 cm³/mol. The molecule has 1 N–H and O–H groups in total. The SMILES string of the molecule is COC(=O)C(Cc1cccc(C)c1)NC(=O)OCc1ccccc1. The number of esters is 1. The van der Waals surface area contributed by atoms with Crippen LogP contribution < -0.4 is 5.32 Å². The molecular weight excluding hydrogens is 306 g/mol. The summed E-state index contributed by atoms with van der Waals surface area (Å²) in [6.07, 6.45) is -0.309. The summed E-state index contributed by atoms with van der Waals surface area (Å²) in [4.78, 5) is 23.9. The van der Waals surface area contributed by atoms with E-state index in [-0.39, 0.29) is 6.61 Å². The van der Waals surface area contributed by atoms with Crippen LogP contribution in [0.3, 0.4) is 0 Å². The third-order valence-corrected chi connectivity index (χ3v) is 3.51. The number of amides is 1. The molecule has 0 saturated heterocycles. The zero-order valence-electron chi connectivity index (χ0n) is 13.8. The molecule has 1 atom stereocenters. The van der Waals surface area contributed by atoms with E-state index in [1.54, 1.807) is 0 Å². The van der Waals surface area contributed by atoms with Crippen LogP contribution in [0.5, 0.6) is 0 Å². The first-order valence-electron chi connectivity index (χ1n) is 7.69. The van der Waals surface area contributed by atoms with Gasteiger partial charge in [0.15, 0.2) is 0 Å². The van der Waals surface area contributed by atoms with Gasteiger partial charge in [-0.15, -0.1) is 0 Å². The van der Waals surface area contributed by atoms with Crippen molar-refractivity contribution in [3.05, 3.63) is 71.3 Å². The Labute approximate surface area is 141 Å². The van der Waals surface area contributed by atoms with Crippen LogP contribution in [0.2, 0.25) is 0 Å². The van der Waals surface area contributed by atoms with E-state index in [9.17, 15) is 9.59 Å². The first-order chi connectivity index (χ1) is 11.6. The van der Waals surface area contributed by atoms with Crippen molar-refractivity contribution in [3.8, 4) is 0 Å². The second-order valence-electron chi connectivity index (χ2n) is 5.47. The zero-order chi connectivity index (χ0) is 17.4. The molecule has 24 heavy (non-hydrogen) atoms. The number of carbonyl (C=O) groups is 2. The van der Waals surface area contributed by atoms with Gasteiger partial charge in [-0.25, -0.2) is 9.59 Å². The highest BCUT2D eigenvalue weighted by Gasteiger charge is 2.22. The average Bonchev–Trinajstić information content (AvgIpc) is 2.59. The van der Waals surface area contributed by atoms with Crippen LogP contribution in [-0.4, -0.2) is 25.2 Å². The molecule has 0 aromatic heterocycles. The molecule has 2 aromatic rings. The van der Waals surface area contributed by atoms with Gasteiger partial charge in [0.1, 0.15) is 12.6 Å². The van der Waals surface area contributed by atoms with Crippen molar-refractivity contribution in [2.75, 3.05) is 7.11 Å².